The summed E-state index contributed by atoms with van der Waals surface area (Å²) < 4.78 is 92.9. The zero-order chi connectivity index (χ0) is 53.8. The quantitative estimate of drug-likeness (QED) is 0.0509. The lowest BCUT2D eigenvalue weighted by molar-refractivity contribution is 0.0898. The third-order valence-corrected chi connectivity index (χ3v) is 16.6. The second-order valence-corrected chi connectivity index (χ2v) is 26.8. The molecule has 3 aliphatic rings. The van der Waals surface area contributed by atoms with E-state index in [9.17, 15) is 19.0 Å². The van der Waals surface area contributed by atoms with Crippen LogP contribution in [-0.4, -0.2) is 99.6 Å². The smallest absolute Gasteiger partial charge is 0.171 e. The summed E-state index contributed by atoms with van der Waals surface area (Å²) in [6, 6.07) is 8.00. The number of aromatic nitrogens is 7. The van der Waals surface area contributed by atoms with Crippen molar-refractivity contribution in [3.63, 3.8) is 0 Å². The summed E-state index contributed by atoms with van der Waals surface area (Å²) in [7, 11) is 4.11. The molecule has 0 bridgehead atoms. The van der Waals surface area contributed by atoms with E-state index in [1.54, 1.807) is 6.20 Å². The molecule has 0 radical (unpaired) electrons. The molecular formula is C57H67F4N7O7Si. The van der Waals surface area contributed by atoms with Crippen molar-refractivity contribution < 1.29 is 51.5 Å². The van der Waals surface area contributed by atoms with Crippen LogP contribution in [0, 0.1) is 23.3 Å². The predicted octanol–water partition coefficient (Wildman–Crippen LogP) is 11.5. The van der Waals surface area contributed by atoms with Gasteiger partial charge in [-0.15, -0.1) is 0 Å². The molecule has 5 heterocycles. The second kappa shape index (κ2) is 23.4. The van der Waals surface area contributed by atoms with E-state index < -0.39 is 31.3 Å². The van der Waals surface area contributed by atoms with Crippen LogP contribution in [0.2, 0.25) is 25.7 Å². The first kappa shape index (κ1) is 54.3. The first-order valence-corrected chi connectivity index (χ1v) is 29.6. The van der Waals surface area contributed by atoms with Crippen molar-refractivity contribution in [1.82, 2.24) is 34.1 Å². The summed E-state index contributed by atoms with van der Waals surface area (Å²) in [4.78, 5) is 9.39. The van der Waals surface area contributed by atoms with Crippen LogP contribution >= 0.6 is 0 Å². The number of hydrogen-bond acceptors (Lipinski definition) is 11. The monoisotopic (exact) mass is 1070 g/mol. The number of aliphatic hydroxyl groups is 2. The van der Waals surface area contributed by atoms with Crippen LogP contribution in [0.5, 0.6) is 23.0 Å². The first-order chi connectivity index (χ1) is 36.6. The Balaban J connectivity index is 0.000000190. The Bertz CT molecular complexity index is 3150. The van der Waals surface area contributed by atoms with Gasteiger partial charge in [-0.3, -0.25) is 14.3 Å². The van der Waals surface area contributed by atoms with Gasteiger partial charge in [-0.05, 0) is 80.7 Å². The van der Waals surface area contributed by atoms with Gasteiger partial charge in [-0.1, -0.05) is 25.7 Å². The molecule has 14 nitrogen and oxygen atoms in total. The summed E-state index contributed by atoms with van der Waals surface area (Å²) in [5.41, 5.74) is 7.32. The van der Waals surface area contributed by atoms with E-state index in [-0.39, 0.29) is 78.0 Å². The van der Waals surface area contributed by atoms with Crippen LogP contribution in [0.25, 0.3) is 38.9 Å². The number of halogens is 4. The van der Waals surface area contributed by atoms with Gasteiger partial charge in [-0.2, -0.15) is 10.2 Å². The van der Waals surface area contributed by atoms with Crippen molar-refractivity contribution in [3.05, 3.63) is 125 Å². The molecule has 3 aliphatic carbocycles. The Labute approximate surface area is 441 Å². The molecule has 0 amide bonds. The molecule has 2 aromatic carbocycles. The standard InChI is InChI=1S/C31H40F2N4O4Si.C26H27F2N3O3/c1-39-27-14-28(40-2)30(33)26(29(27)32)13-21-17-36(19-41-10-11-42(3,4)5)31-25(21)12-20(15-34-31)22-16-35-37(18-22)23-6-8-24(38)9-7-23;1-33-23-11-24(34-2)26(28)21(25(23)27)9-15-3-8-22-20(15)10-16(12-29-22)17-13-30-31(14-17)18-4-6-19(32)7-5-18/h12,14-18,23-24,38H,6-11,13,19H2,1-5H3;3,10-14,18-19,32H,4-9H2,1-2H3. The number of nitrogens with zero attached hydrogens (tertiary/aromatic N) is 7. The van der Waals surface area contributed by atoms with Crippen molar-refractivity contribution in [2.45, 2.75) is 127 Å². The molecule has 2 saturated carbocycles. The number of ether oxygens (including phenoxy) is 5. The number of hydrogen-bond donors (Lipinski definition) is 2. The third kappa shape index (κ3) is 11.9. The van der Waals surface area contributed by atoms with Crippen molar-refractivity contribution in [1.29, 1.82) is 0 Å². The summed E-state index contributed by atoms with van der Waals surface area (Å²) >= 11 is 0. The van der Waals surface area contributed by atoms with Gasteiger partial charge in [0.05, 0.1) is 70.8 Å². The Morgan fingerprint density at radius 2 is 1.08 bits per heavy atom. The Morgan fingerprint density at radius 1 is 0.592 bits per heavy atom. The maximum absolute atomic E-state index is 15.4. The van der Waals surface area contributed by atoms with E-state index >= 15 is 8.78 Å². The zero-order valence-electron chi connectivity index (χ0n) is 44.2. The molecule has 0 unspecified atom stereocenters. The maximum Gasteiger partial charge on any atom is 0.171 e. The Hall–Kier alpha value is -6.54. The number of aliphatic hydroxyl groups excluding tert-OH is 2. The topological polar surface area (TPSA) is 153 Å². The molecule has 0 saturated heterocycles. The normalized spacial score (nSPS) is 18.5. The molecule has 0 aliphatic heterocycles. The number of fused-ring (bicyclic) bond motifs is 2. The van der Waals surface area contributed by atoms with Crippen molar-refractivity contribution in [2.24, 2.45) is 0 Å². The molecule has 19 heteroatoms. The summed E-state index contributed by atoms with van der Waals surface area (Å²) in [5.74, 6) is -3.23. The second-order valence-electron chi connectivity index (χ2n) is 21.2. The van der Waals surface area contributed by atoms with Crippen LogP contribution < -0.4 is 18.9 Å². The molecule has 2 N–H and O–H groups in total. The van der Waals surface area contributed by atoms with Crippen molar-refractivity contribution in [2.75, 3.05) is 35.0 Å². The van der Waals surface area contributed by atoms with Crippen LogP contribution in [0.15, 0.2) is 73.7 Å². The molecular weight excluding hydrogens is 999 g/mol. The van der Waals surface area contributed by atoms with Gasteiger partial charge in [-0.25, -0.2) is 22.5 Å². The van der Waals surface area contributed by atoms with Crippen molar-refractivity contribution >= 4 is 24.7 Å². The Morgan fingerprint density at radius 3 is 1.58 bits per heavy atom. The van der Waals surface area contributed by atoms with Gasteiger partial charge in [0.25, 0.3) is 0 Å². The van der Waals surface area contributed by atoms with Crippen LogP contribution in [0.3, 0.4) is 0 Å². The highest BCUT2D eigenvalue weighted by Gasteiger charge is 2.28. The molecule has 2 fully saturated rings. The highest BCUT2D eigenvalue weighted by molar-refractivity contribution is 6.76. The van der Waals surface area contributed by atoms with E-state index in [4.69, 9.17) is 28.7 Å². The molecule has 0 spiro atoms. The van der Waals surface area contributed by atoms with E-state index in [2.05, 4.69) is 34.8 Å². The van der Waals surface area contributed by atoms with Crippen LogP contribution in [0.4, 0.5) is 17.6 Å². The van der Waals surface area contributed by atoms with Gasteiger partial charge >= 0.3 is 0 Å². The van der Waals surface area contributed by atoms with E-state index in [1.165, 1.54) is 40.6 Å². The minimum Gasteiger partial charge on any atom is -0.494 e. The highest BCUT2D eigenvalue weighted by atomic mass is 28.3. The van der Waals surface area contributed by atoms with Gasteiger partial charge in [0.2, 0.25) is 0 Å². The Kier molecular flexibility index (Phi) is 16.7. The lowest BCUT2D eigenvalue weighted by atomic mass is 9.93. The highest BCUT2D eigenvalue weighted by Crippen LogP contribution is 2.40. The molecule has 7 aromatic rings. The summed E-state index contributed by atoms with van der Waals surface area (Å²) in [5, 5.41) is 29.6. The largest absolute Gasteiger partial charge is 0.494 e. The van der Waals surface area contributed by atoms with E-state index in [0.717, 1.165) is 102 Å². The van der Waals surface area contributed by atoms with Crippen LogP contribution in [0.1, 0.15) is 91.4 Å². The number of allylic oxidation sites excluding steroid dienone is 2. The predicted molar refractivity (Wildman–Crippen MR) is 285 cm³/mol. The van der Waals surface area contributed by atoms with Crippen molar-refractivity contribution in [3.8, 4) is 45.3 Å². The number of rotatable bonds is 17. The minimum absolute atomic E-state index is 0.0293. The fourth-order valence-electron chi connectivity index (χ4n) is 10.4. The van der Waals surface area contributed by atoms with Crippen LogP contribution in [-0.2, 0) is 30.7 Å². The van der Waals surface area contributed by atoms with Gasteiger partial charge < -0.3 is 38.5 Å². The summed E-state index contributed by atoms with van der Waals surface area (Å²) in [6.45, 7) is 7.82. The van der Waals surface area contributed by atoms with Gasteiger partial charge in [0.15, 0.2) is 46.3 Å². The first-order valence-electron chi connectivity index (χ1n) is 25.9. The van der Waals surface area contributed by atoms with E-state index in [1.807, 2.05) is 69.3 Å². The summed E-state index contributed by atoms with van der Waals surface area (Å²) in [6.07, 6.45) is 22.0. The fraction of sp³-hybridized carbons (Fsp3) is 0.439. The molecule has 404 valence electrons. The lowest BCUT2D eigenvalue weighted by Gasteiger charge is -2.25. The van der Waals surface area contributed by atoms with E-state index in [0.29, 0.717) is 24.2 Å². The molecule has 10 rings (SSSR count). The molecule has 76 heavy (non-hydrogen) atoms. The molecule has 5 aromatic heterocycles. The van der Waals surface area contributed by atoms with Gasteiger partial charge in [0, 0.05) is 121 Å². The maximum atomic E-state index is 15.4. The fourth-order valence-corrected chi connectivity index (χ4v) is 11.1. The van der Waals surface area contributed by atoms with Gasteiger partial charge in [0.1, 0.15) is 12.4 Å². The zero-order valence-corrected chi connectivity index (χ0v) is 45.2. The average Bonchev–Trinajstić information content (AvgIpc) is 4.26. The lowest BCUT2D eigenvalue weighted by Crippen LogP contribution is -2.22. The molecule has 0 atom stereocenters. The number of methoxy groups -OCH3 is 4. The number of pyridine rings is 2. The minimum atomic E-state index is -1.26. The number of benzene rings is 2. The third-order valence-electron chi connectivity index (χ3n) is 14.9. The SMILES string of the molecule is COc1cc(OC)c(F)c(CC2=CCc3ncc(-c4cnn(C5CCC(O)CC5)c4)cc32)c1F.COc1cc(OC)c(F)c(Cc2cn(COCC[Si](C)(C)C)c3ncc(-c4cnn(C5CCC(O)CC5)c4)cc23)c1F. The average molecular weight is 1070 g/mol.